The van der Waals surface area contributed by atoms with Crippen LogP contribution in [0.2, 0.25) is 5.02 Å². The molecular weight excluding hydrogens is 258 g/mol. The molecule has 0 N–H and O–H groups in total. The molecule has 3 rings (SSSR count). The molecule has 0 saturated heterocycles. The zero-order chi connectivity index (χ0) is 13.4. The van der Waals surface area contributed by atoms with E-state index in [1.807, 2.05) is 36.4 Å². The van der Waals surface area contributed by atoms with Crippen molar-refractivity contribution in [1.29, 1.82) is 0 Å². The summed E-state index contributed by atoms with van der Waals surface area (Å²) in [6, 6.07) is 14.8. The average Bonchev–Trinajstić information content (AvgIpc) is 2.71. The molecule has 1 heterocycles. The summed E-state index contributed by atoms with van der Waals surface area (Å²) in [7, 11) is 0. The smallest absolute Gasteiger partial charge is 0.259 e. The van der Waals surface area contributed by atoms with Crippen LogP contribution in [0.4, 0.5) is 5.69 Å². The molecular formula is C16H12ClNO. The maximum Gasteiger partial charge on any atom is 0.259 e. The highest BCUT2D eigenvalue weighted by Gasteiger charge is 2.35. The van der Waals surface area contributed by atoms with Crippen LogP contribution in [0.3, 0.4) is 0 Å². The Bertz CT molecular complexity index is 651. The van der Waals surface area contributed by atoms with E-state index in [-0.39, 0.29) is 11.9 Å². The average molecular weight is 270 g/mol. The van der Waals surface area contributed by atoms with Gasteiger partial charge in [-0.25, -0.2) is 0 Å². The van der Waals surface area contributed by atoms with Gasteiger partial charge in [-0.1, -0.05) is 35.9 Å². The standard InChI is InChI=1S/C16H12ClNO/c1-2-15-14-10-11(17)8-9-13(14)16(19)18(15)12-6-4-3-5-7-12/h2-10,15H,1H2. The van der Waals surface area contributed by atoms with Gasteiger partial charge in [0.25, 0.3) is 5.91 Å². The molecule has 0 spiro atoms. The molecule has 1 atom stereocenters. The van der Waals surface area contributed by atoms with E-state index in [0.717, 1.165) is 11.3 Å². The second kappa shape index (κ2) is 4.56. The summed E-state index contributed by atoms with van der Waals surface area (Å²) in [6.45, 7) is 3.84. The highest BCUT2D eigenvalue weighted by Crippen LogP contribution is 2.38. The normalized spacial score (nSPS) is 17.4. The number of nitrogens with zero attached hydrogens (tertiary/aromatic N) is 1. The van der Waals surface area contributed by atoms with Crippen LogP contribution in [-0.4, -0.2) is 5.91 Å². The molecule has 94 valence electrons. The van der Waals surface area contributed by atoms with Crippen LogP contribution >= 0.6 is 11.6 Å². The number of benzene rings is 2. The molecule has 2 nitrogen and oxygen atoms in total. The Morgan fingerprint density at radius 3 is 2.58 bits per heavy atom. The van der Waals surface area contributed by atoms with Gasteiger partial charge in [-0.3, -0.25) is 9.69 Å². The molecule has 19 heavy (non-hydrogen) atoms. The summed E-state index contributed by atoms with van der Waals surface area (Å²) in [5, 5.41) is 0.633. The summed E-state index contributed by atoms with van der Waals surface area (Å²) in [5.74, 6) is -0.0113. The molecule has 1 aliphatic heterocycles. The van der Waals surface area contributed by atoms with Crippen molar-refractivity contribution < 1.29 is 4.79 Å². The third-order valence-corrected chi connectivity index (χ3v) is 3.55. The highest BCUT2D eigenvalue weighted by atomic mass is 35.5. The third-order valence-electron chi connectivity index (χ3n) is 3.32. The van der Waals surface area contributed by atoms with Crippen LogP contribution in [0.1, 0.15) is 22.0 Å². The lowest BCUT2D eigenvalue weighted by atomic mass is 10.0. The Kier molecular flexibility index (Phi) is 2.88. The number of carbonyl (C=O) groups is 1. The Morgan fingerprint density at radius 2 is 1.89 bits per heavy atom. The Hall–Kier alpha value is -2.06. The van der Waals surface area contributed by atoms with E-state index in [9.17, 15) is 4.79 Å². The lowest BCUT2D eigenvalue weighted by Crippen LogP contribution is -2.26. The van der Waals surface area contributed by atoms with Crippen LogP contribution in [-0.2, 0) is 0 Å². The van der Waals surface area contributed by atoms with Crippen molar-refractivity contribution in [2.24, 2.45) is 0 Å². The van der Waals surface area contributed by atoms with E-state index in [1.165, 1.54) is 0 Å². The number of amides is 1. The molecule has 2 aromatic rings. The summed E-state index contributed by atoms with van der Waals surface area (Å²) in [6.07, 6.45) is 1.77. The Morgan fingerprint density at radius 1 is 1.16 bits per heavy atom. The van der Waals surface area contributed by atoms with Gasteiger partial charge in [-0.2, -0.15) is 0 Å². The SMILES string of the molecule is C=CC1c2cc(Cl)ccc2C(=O)N1c1ccccc1. The van der Waals surface area contributed by atoms with Gasteiger partial charge in [0.1, 0.15) is 0 Å². The first-order valence-corrected chi connectivity index (χ1v) is 6.41. The van der Waals surface area contributed by atoms with E-state index < -0.39 is 0 Å². The van der Waals surface area contributed by atoms with Gasteiger partial charge in [-0.05, 0) is 35.9 Å². The lowest BCUT2D eigenvalue weighted by molar-refractivity contribution is 0.0994. The van der Waals surface area contributed by atoms with Crippen molar-refractivity contribution in [3.63, 3.8) is 0 Å². The molecule has 0 radical (unpaired) electrons. The zero-order valence-electron chi connectivity index (χ0n) is 10.2. The number of hydrogen-bond acceptors (Lipinski definition) is 1. The fourth-order valence-corrected chi connectivity index (χ4v) is 2.65. The number of anilines is 1. The van der Waals surface area contributed by atoms with Crippen LogP contribution in [0.25, 0.3) is 0 Å². The molecule has 0 aliphatic carbocycles. The number of hydrogen-bond donors (Lipinski definition) is 0. The minimum absolute atomic E-state index is 0.0113. The molecule has 1 unspecified atom stereocenters. The topological polar surface area (TPSA) is 20.3 Å². The highest BCUT2D eigenvalue weighted by molar-refractivity contribution is 6.31. The van der Waals surface area contributed by atoms with Gasteiger partial charge in [0.15, 0.2) is 0 Å². The molecule has 2 aromatic carbocycles. The number of para-hydroxylation sites is 1. The van der Waals surface area contributed by atoms with Gasteiger partial charge in [0.2, 0.25) is 0 Å². The third kappa shape index (κ3) is 1.85. The van der Waals surface area contributed by atoms with Gasteiger partial charge in [-0.15, -0.1) is 6.58 Å². The number of halogens is 1. The lowest BCUT2D eigenvalue weighted by Gasteiger charge is -2.22. The largest absolute Gasteiger partial charge is 0.297 e. The predicted molar refractivity (Wildman–Crippen MR) is 77.6 cm³/mol. The molecule has 1 amide bonds. The van der Waals surface area contributed by atoms with Crippen LogP contribution in [0, 0.1) is 0 Å². The summed E-state index contributed by atoms with van der Waals surface area (Å²) in [5.41, 5.74) is 2.47. The molecule has 1 aliphatic rings. The Labute approximate surface area is 116 Å². The van der Waals surface area contributed by atoms with Crippen LogP contribution in [0.15, 0.2) is 61.2 Å². The monoisotopic (exact) mass is 269 g/mol. The van der Waals surface area contributed by atoms with Crippen molar-refractivity contribution in [2.75, 3.05) is 4.90 Å². The van der Waals surface area contributed by atoms with Crippen molar-refractivity contribution in [2.45, 2.75) is 6.04 Å². The minimum atomic E-state index is -0.163. The van der Waals surface area contributed by atoms with E-state index in [1.54, 1.807) is 23.1 Å². The van der Waals surface area contributed by atoms with Gasteiger partial charge in [0, 0.05) is 16.3 Å². The summed E-state index contributed by atoms with van der Waals surface area (Å²) in [4.78, 5) is 14.3. The summed E-state index contributed by atoms with van der Waals surface area (Å²) >= 11 is 6.02. The van der Waals surface area contributed by atoms with Crippen molar-refractivity contribution >= 4 is 23.2 Å². The fraction of sp³-hybridized carbons (Fsp3) is 0.0625. The first-order valence-electron chi connectivity index (χ1n) is 6.03. The van der Waals surface area contributed by atoms with Crippen molar-refractivity contribution in [3.8, 4) is 0 Å². The quantitative estimate of drug-likeness (QED) is 0.747. The molecule has 0 fully saturated rings. The first-order chi connectivity index (χ1) is 9.22. The molecule has 0 aromatic heterocycles. The van der Waals surface area contributed by atoms with Gasteiger partial charge in [0.05, 0.1) is 6.04 Å². The Balaban J connectivity index is 2.15. The maximum atomic E-state index is 12.5. The summed E-state index contributed by atoms with van der Waals surface area (Å²) < 4.78 is 0. The maximum absolute atomic E-state index is 12.5. The van der Waals surface area contributed by atoms with Gasteiger partial charge < -0.3 is 0 Å². The molecule has 0 saturated carbocycles. The van der Waals surface area contributed by atoms with Crippen molar-refractivity contribution in [3.05, 3.63) is 77.3 Å². The second-order valence-corrected chi connectivity index (χ2v) is 4.86. The number of rotatable bonds is 2. The second-order valence-electron chi connectivity index (χ2n) is 4.42. The fourth-order valence-electron chi connectivity index (χ4n) is 2.47. The van der Waals surface area contributed by atoms with Crippen LogP contribution in [0.5, 0.6) is 0 Å². The van der Waals surface area contributed by atoms with E-state index in [4.69, 9.17) is 11.6 Å². The number of carbonyl (C=O) groups excluding carboxylic acids is 1. The van der Waals surface area contributed by atoms with E-state index in [0.29, 0.717) is 10.6 Å². The van der Waals surface area contributed by atoms with Crippen molar-refractivity contribution in [1.82, 2.24) is 0 Å². The zero-order valence-corrected chi connectivity index (χ0v) is 11.0. The number of fused-ring (bicyclic) bond motifs is 1. The van der Waals surface area contributed by atoms with E-state index >= 15 is 0 Å². The first kappa shape index (κ1) is 12.0. The predicted octanol–water partition coefficient (Wildman–Crippen LogP) is 4.23. The molecule has 3 heteroatoms. The van der Waals surface area contributed by atoms with Gasteiger partial charge >= 0.3 is 0 Å². The minimum Gasteiger partial charge on any atom is -0.297 e. The van der Waals surface area contributed by atoms with E-state index in [2.05, 4.69) is 6.58 Å². The molecule has 0 bridgehead atoms. The van der Waals surface area contributed by atoms with Crippen LogP contribution < -0.4 is 4.90 Å².